The number of nitrogens with zero attached hydrogens (tertiary/aromatic N) is 2. The number of aromatic nitrogens is 2. The van der Waals surface area contributed by atoms with Crippen molar-refractivity contribution in [3.8, 4) is 5.06 Å². The van der Waals surface area contributed by atoms with E-state index in [-0.39, 0.29) is 34.0 Å². The van der Waals surface area contributed by atoms with E-state index in [9.17, 15) is 31.9 Å². The number of carbonyl (C=O) groups excluding carboxylic acids is 3. The number of carbonyl (C=O) groups is 3. The molecule has 0 aliphatic heterocycles. The number of hydrogen-bond donors (Lipinski definition) is 4. The highest BCUT2D eigenvalue weighted by Gasteiger charge is 2.51. The predicted molar refractivity (Wildman–Crippen MR) is 128 cm³/mol. The summed E-state index contributed by atoms with van der Waals surface area (Å²) in [6, 6.07) is 5.25. The third-order valence-electron chi connectivity index (χ3n) is 5.31. The molecule has 0 bridgehead atoms. The summed E-state index contributed by atoms with van der Waals surface area (Å²) in [5.41, 5.74) is -1.99. The van der Waals surface area contributed by atoms with Gasteiger partial charge < -0.3 is 26.0 Å². The highest BCUT2D eigenvalue weighted by Crippen LogP contribution is 2.37. The van der Waals surface area contributed by atoms with Gasteiger partial charge in [0.2, 0.25) is 16.9 Å². The molecule has 2 aromatic heterocycles. The average molecular weight is 553 g/mol. The monoisotopic (exact) mass is 552 g/mol. The van der Waals surface area contributed by atoms with Crippen LogP contribution in [0.25, 0.3) is 0 Å². The van der Waals surface area contributed by atoms with Gasteiger partial charge in [0.25, 0.3) is 0 Å². The molecule has 4 rings (SSSR count). The van der Waals surface area contributed by atoms with Crippen LogP contribution in [0.5, 0.6) is 5.06 Å². The van der Waals surface area contributed by atoms with Crippen LogP contribution in [0.15, 0.2) is 42.7 Å². The quantitative estimate of drug-likeness (QED) is 0.306. The largest absolute Gasteiger partial charge is 0.418 e. The van der Waals surface area contributed by atoms with E-state index in [1.54, 1.807) is 0 Å². The van der Waals surface area contributed by atoms with Crippen LogP contribution in [-0.4, -0.2) is 33.4 Å². The van der Waals surface area contributed by atoms with Crippen molar-refractivity contribution in [3.05, 3.63) is 59.8 Å². The molecule has 2 heterocycles. The zero-order valence-corrected chi connectivity index (χ0v) is 20.4. The van der Waals surface area contributed by atoms with Crippen molar-refractivity contribution in [1.29, 1.82) is 0 Å². The standard InChI is InChI=1S/C23H20F4N6O4S/c1-12(34)31-20-30-11-18(38-20)37-21(36)33-22(6-7-22)19(35)29-9-14-3-4-15(10-28-14)32-17-5-2-13(24)8-16(17)23(25,26)27/h2-5,8,10-11,32H,6-7,9H2,1H3,(H,29,35)(H,33,36)(H,30,31,34). The summed E-state index contributed by atoms with van der Waals surface area (Å²) in [5, 5.41) is 10.6. The Morgan fingerprint density at radius 2 is 1.87 bits per heavy atom. The third kappa shape index (κ3) is 6.73. The molecule has 0 saturated heterocycles. The highest BCUT2D eigenvalue weighted by atomic mass is 32.1. The van der Waals surface area contributed by atoms with Gasteiger partial charge in [0.15, 0.2) is 5.13 Å². The summed E-state index contributed by atoms with van der Waals surface area (Å²) in [4.78, 5) is 44.0. The number of amides is 3. The van der Waals surface area contributed by atoms with Crippen LogP contribution in [0.1, 0.15) is 31.0 Å². The second-order valence-electron chi connectivity index (χ2n) is 8.30. The van der Waals surface area contributed by atoms with Crippen LogP contribution < -0.4 is 26.0 Å². The van der Waals surface area contributed by atoms with Gasteiger partial charge in [-0.2, -0.15) is 13.2 Å². The first-order valence-corrected chi connectivity index (χ1v) is 11.9. The molecule has 3 amide bonds. The molecule has 0 unspecified atom stereocenters. The van der Waals surface area contributed by atoms with Crippen LogP contribution in [0.4, 0.5) is 38.9 Å². The van der Waals surface area contributed by atoms with E-state index in [2.05, 4.69) is 31.2 Å². The maximum atomic E-state index is 13.3. The maximum Gasteiger partial charge on any atom is 0.418 e. The Bertz CT molecular complexity index is 1360. The highest BCUT2D eigenvalue weighted by molar-refractivity contribution is 7.17. The molecule has 1 aromatic carbocycles. The van der Waals surface area contributed by atoms with E-state index >= 15 is 0 Å². The number of rotatable bonds is 8. The zero-order chi connectivity index (χ0) is 27.5. The van der Waals surface area contributed by atoms with Gasteiger partial charge in [-0.1, -0.05) is 11.3 Å². The van der Waals surface area contributed by atoms with E-state index in [0.29, 0.717) is 24.6 Å². The number of ether oxygens (including phenoxy) is 1. The van der Waals surface area contributed by atoms with Crippen LogP contribution in [0.3, 0.4) is 0 Å². The Hall–Kier alpha value is -4.27. The smallest absolute Gasteiger partial charge is 0.397 e. The Kier molecular flexibility index (Phi) is 7.48. The summed E-state index contributed by atoms with van der Waals surface area (Å²) in [7, 11) is 0. The topological polar surface area (TPSA) is 134 Å². The summed E-state index contributed by atoms with van der Waals surface area (Å²) < 4.78 is 58.0. The first-order chi connectivity index (χ1) is 17.9. The SMILES string of the molecule is CC(=O)Nc1ncc(OC(=O)NC2(C(=O)NCc3ccc(Nc4ccc(F)cc4C(F)(F)F)cn3)CC2)s1. The first-order valence-electron chi connectivity index (χ1n) is 11.0. The number of alkyl halides is 3. The van der Waals surface area contributed by atoms with Gasteiger partial charge in [0.05, 0.1) is 41.6 Å². The number of thiazole rings is 1. The van der Waals surface area contributed by atoms with Crippen molar-refractivity contribution in [2.24, 2.45) is 0 Å². The van der Waals surface area contributed by atoms with E-state index in [1.165, 1.54) is 31.5 Å². The Labute approximate surface area is 216 Å². The second kappa shape index (κ2) is 10.6. The fraction of sp³-hybridized carbons (Fsp3) is 0.261. The Balaban J connectivity index is 1.29. The van der Waals surface area contributed by atoms with E-state index in [1.807, 2.05) is 0 Å². The molecular weight excluding hydrogens is 532 g/mol. The molecule has 1 fully saturated rings. The Morgan fingerprint density at radius 3 is 2.50 bits per heavy atom. The fourth-order valence-electron chi connectivity index (χ4n) is 3.32. The van der Waals surface area contributed by atoms with Crippen molar-refractivity contribution in [1.82, 2.24) is 20.6 Å². The van der Waals surface area contributed by atoms with Crippen LogP contribution in [0.2, 0.25) is 0 Å². The molecule has 0 radical (unpaired) electrons. The summed E-state index contributed by atoms with van der Waals surface area (Å²) in [6.07, 6.45) is -2.29. The lowest BCUT2D eigenvalue weighted by Gasteiger charge is -2.17. The minimum absolute atomic E-state index is 0.00311. The first kappa shape index (κ1) is 26.8. The maximum absolute atomic E-state index is 13.3. The molecule has 4 N–H and O–H groups in total. The van der Waals surface area contributed by atoms with E-state index in [0.717, 1.165) is 23.5 Å². The third-order valence-corrected chi connectivity index (χ3v) is 6.10. The molecule has 15 heteroatoms. The van der Waals surface area contributed by atoms with Crippen molar-refractivity contribution in [2.75, 3.05) is 10.6 Å². The van der Waals surface area contributed by atoms with Gasteiger partial charge in [-0.05, 0) is 43.2 Å². The molecule has 3 aromatic rings. The number of pyridine rings is 1. The molecule has 10 nitrogen and oxygen atoms in total. The lowest BCUT2D eigenvalue weighted by Crippen LogP contribution is -2.49. The van der Waals surface area contributed by atoms with Crippen molar-refractivity contribution < 1.29 is 36.7 Å². The van der Waals surface area contributed by atoms with Gasteiger partial charge in [0.1, 0.15) is 11.4 Å². The Morgan fingerprint density at radius 1 is 1.11 bits per heavy atom. The van der Waals surface area contributed by atoms with Crippen molar-refractivity contribution in [3.63, 3.8) is 0 Å². The summed E-state index contributed by atoms with van der Waals surface area (Å²) >= 11 is 0.943. The van der Waals surface area contributed by atoms with Gasteiger partial charge in [-0.15, -0.1) is 0 Å². The van der Waals surface area contributed by atoms with E-state index < -0.39 is 35.1 Å². The van der Waals surface area contributed by atoms with Crippen molar-refractivity contribution in [2.45, 2.75) is 38.0 Å². The normalized spacial score (nSPS) is 13.8. The number of hydrogen-bond acceptors (Lipinski definition) is 8. The number of nitrogens with one attached hydrogen (secondary N) is 4. The molecule has 1 saturated carbocycles. The zero-order valence-electron chi connectivity index (χ0n) is 19.6. The molecule has 200 valence electrons. The van der Waals surface area contributed by atoms with Crippen LogP contribution in [0, 0.1) is 5.82 Å². The van der Waals surface area contributed by atoms with Gasteiger partial charge >= 0.3 is 12.3 Å². The number of benzene rings is 1. The fourth-order valence-corrected chi connectivity index (χ4v) is 4.03. The predicted octanol–water partition coefficient (Wildman–Crippen LogP) is 4.34. The van der Waals surface area contributed by atoms with Gasteiger partial charge in [-0.25, -0.2) is 14.2 Å². The number of halogens is 4. The van der Waals surface area contributed by atoms with Crippen LogP contribution in [-0.2, 0) is 22.3 Å². The van der Waals surface area contributed by atoms with Crippen LogP contribution >= 0.6 is 11.3 Å². The lowest BCUT2D eigenvalue weighted by molar-refractivity contribution is -0.137. The van der Waals surface area contributed by atoms with E-state index in [4.69, 9.17) is 4.74 Å². The summed E-state index contributed by atoms with van der Waals surface area (Å²) in [6.45, 7) is 1.31. The lowest BCUT2D eigenvalue weighted by atomic mass is 10.1. The minimum atomic E-state index is -4.75. The second-order valence-corrected chi connectivity index (χ2v) is 9.29. The molecule has 0 atom stereocenters. The van der Waals surface area contributed by atoms with Gasteiger partial charge in [-0.3, -0.25) is 14.6 Å². The molecular formula is C23H20F4N6O4S. The van der Waals surface area contributed by atoms with Gasteiger partial charge in [0, 0.05) is 6.92 Å². The summed E-state index contributed by atoms with van der Waals surface area (Å²) in [5.74, 6) is -1.79. The number of anilines is 3. The van der Waals surface area contributed by atoms with Crippen molar-refractivity contribution >= 4 is 45.8 Å². The molecule has 1 aliphatic rings. The molecule has 38 heavy (non-hydrogen) atoms. The molecule has 0 spiro atoms. The average Bonchev–Trinajstić information content (AvgIpc) is 3.50. The molecule has 1 aliphatic carbocycles. The minimum Gasteiger partial charge on any atom is -0.397 e.